The average molecular weight is 415 g/mol. The monoisotopic (exact) mass is 414 g/mol. The van der Waals surface area contributed by atoms with Crippen molar-refractivity contribution in [2.45, 2.75) is 46.6 Å². The van der Waals surface area contributed by atoms with Gasteiger partial charge >= 0.3 is 0 Å². The molecule has 0 atom stereocenters. The van der Waals surface area contributed by atoms with Gasteiger partial charge in [0, 0.05) is 18.6 Å². The van der Waals surface area contributed by atoms with Gasteiger partial charge in [-0.25, -0.2) is 4.39 Å². The largest absolute Gasteiger partial charge is 0.507 e. The zero-order valence-electron chi connectivity index (χ0n) is 18.4. The second kappa shape index (κ2) is 9.64. The molecule has 0 amide bonds. The molecule has 0 unspecified atom stereocenters. The van der Waals surface area contributed by atoms with Gasteiger partial charge in [0.1, 0.15) is 17.3 Å². The molecule has 0 heterocycles. The van der Waals surface area contributed by atoms with Crippen LogP contribution in [0.15, 0.2) is 24.3 Å². The first-order valence-corrected chi connectivity index (χ1v) is 11.0. The van der Waals surface area contributed by atoms with Crippen LogP contribution in [0.3, 0.4) is 0 Å². The van der Waals surface area contributed by atoms with E-state index < -0.39 is 5.82 Å². The first-order valence-electron chi connectivity index (χ1n) is 10.00. The number of fused-ring (bicyclic) bond motifs is 1. The number of phenolic OH excluding ortho intramolecular Hbond substituents is 1. The second-order valence-corrected chi connectivity index (χ2v) is 9.65. The first kappa shape index (κ1) is 23.2. The summed E-state index contributed by atoms with van der Waals surface area (Å²) in [6.07, 6.45) is 0. The number of methoxy groups -OCH3 is 1. The quantitative estimate of drug-likeness (QED) is 0.353. The van der Waals surface area contributed by atoms with Crippen molar-refractivity contribution in [1.29, 1.82) is 0 Å². The Morgan fingerprint density at radius 2 is 1.69 bits per heavy atom. The molecule has 156 valence electrons. The summed E-state index contributed by atoms with van der Waals surface area (Å²) in [6, 6.07) is 6.23. The minimum absolute atomic E-state index is 0.0522. The van der Waals surface area contributed by atoms with E-state index in [1.807, 2.05) is 0 Å². The van der Waals surface area contributed by atoms with Crippen molar-refractivity contribution in [3.05, 3.63) is 35.6 Å². The number of halogens is 1. The van der Waals surface area contributed by atoms with E-state index in [4.69, 9.17) is 9.47 Å². The molecule has 2 radical (unpaired) electrons. The summed E-state index contributed by atoms with van der Waals surface area (Å²) in [5.41, 5.74) is 3.50. The van der Waals surface area contributed by atoms with Crippen LogP contribution in [0.2, 0.25) is 5.04 Å². The van der Waals surface area contributed by atoms with Gasteiger partial charge in [0.05, 0.1) is 5.56 Å². The van der Waals surface area contributed by atoms with Gasteiger partial charge in [-0.3, -0.25) is 0 Å². The fourth-order valence-corrected chi connectivity index (χ4v) is 5.63. The van der Waals surface area contributed by atoms with Crippen LogP contribution in [0, 0.1) is 35.0 Å². The molecule has 0 saturated heterocycles. The Balaban J connectivity index is 2.51. The maximum absolute atomic E-state index is 14.6. The number of rotatable bonds is 7. The third kappa shape index (κ3) is 4.76. The minimum Gasteiger partial charge on any atom is -0.507 e. The Kier molecular flexibility index (Phi) is 7.73. The maximum atomic E-state index is 14.6. The molecule has 3 nitrogen and oxygen atoms in total. The molecular weight excluding hydrogens is 383 g/mol. The fourth-order valence-electron chi connectivity index (χ4n) is 4.36. The molecular formula is C24H31FO3Si. The Morgan fingerprint density at radius 1 is 1.07 bits per heavy atom. The Morgan fingerprint density at radius 3 is 2.24 bits per heavy atom. The summed E-state index contributed by atoms with van der Waals surface area (Å²) in [5, 5.41) is 11.7. The van der Waals surface area contributed by atoms with E-state index in [2.05, 4.69) is 53.0 Å². The van der Waals surface area contributed by atoms with Crippen molar-refractivity contribution in [2.24, 2.45) is 17.8 Å². The Labute approximate surface area is 176 Å². The molecule has 0 aromatic heterocycles. The number of benzene rings is 2. The van der Waals surface area contributed by atoms with Gasteiger partial charge < -0.3 is 14.6 Å². The SMILES string of the molecule is COCOc1cc(O)c2c(C#C[Si]C(C(C)C)(C(C)C)C(C)C)c(F)ccc2c1. The predicted octanol–water partition coefficient (Wildman–Crippen LogP) is 5.81. The van der Waals surface area contributed by atoms with Gasteiger partial charge in [-0.1, -0.05) is 53.5 Å². The van der Waals surface area contributed by atoms with E-state index in [0.717, 1.165) is 0 Å². The minimum atomic E-state index is -0.431. The zero-order chi connectivity index (χ0) is 21.8. The molecule has 0 aliphatic rings. The molecule has 29 heavy (non-hydrogen) atoms. The summed E-state index contributed by atoms with van der Waals surface area (Å²) in [4.78, 5) is 0. The summed E-state index contributed by atoms with van der Waals surface area (Å²) in [7, 11) is 1.90. The molecule has 0 saturated carbocycles. The lowest BCUT2D eigenvalue weighted by Crippen LogP contribution is -2.36. The number of hydrogen-bond acceptors (Lipinski definition) is 3. The molecule has 2 aromatic carbocycles. The summed E-state index contributed by atoms with van der Waals surface area (Å²) in [5.74, 6) is 4.40. The van der Waals surface area contributed by atoms with Gasteiger partial charge in [0.25, 0.3) is 0 Å². The molecule has 0 aliphatic carbocycles. The van der Waals surface area contributed by atoms with E-state index in [1.54, 1.807) is 12.1 Å². The zero-order valence-corrected chi connectivity index (χ0v) is 19.4. The third-order valence-electron chi connectivity index (χ3n) is 5.70. The number of aromatic hydroxyl groups is 1. The van der Waals surface area contributed by atoms with Crippen LogP contribution in [0.25, 0.3) is 10.8 Å². The average Bonchev–Trinajstić information content (AvgIpc) is 2.64. The van der Waals surface area contributed by atoms with Gasteiger partial charge in [-0.05, 0) is 40.3 Å². The summed E-state index contributed by atoms with van der Waals surface area (Å²) >= 11 is 0. The normalized spacial score (nSPS) is 12.0. The topological polar surface area (TPSA) is 38.7 Å². The third-order valence-corrected chi connectivity index (χ3v) is 8.11. The second-order valence-electron chi connectivity index (χ2n) is 8.29. The van der Waals surface area contributed by atoms with Crippen LogP contribution < -0.4 is 4.74 Å². The van der Waals surface area contributed by atoms with Gasteiger partial charge in [-0.15, -0.1) is 5.54 Å². The lowest BCUT2D eigenvalue weighted by molar-refractivity contribution is 0.0511. The highest BCUT2D eigenvalue weighted by molar-refractivity contribution is 6.50. The highest BCUT2D eigenvalue weighted by Crippen LogP contribution is 2.49. The van der Waals surface area contributed by atoms with E-state index in [1.165, 1.54) is 19.2 Å². The maximum Gasteiger partial charge on any atom is 0.188 e. The van der Waals surface area contributed by atoms with Crippen LogP contribution in [0.5, 0.6) is 11.5 Å². The lowest BCUT2D eigenvalue weighted by Gasteiger charge is -2.43. The molecule has 2 aromatic rings. The summed E-state index contributed by atoms with van der Waals surface area (Å²) in [6.45, 7) is 13.5. The van der Waals surface area contributed by atoms with Crippen molar-refractivity contribution >= 4 is 20.3 Å². The van der Waals surface area contributed by atoms with Crippen molar-refractivity contribution in [3.63, 3.8) is 0 Å². The molecule has 5 heteroatoms. The highest BCUT2D eigenvalue weighted by Gasteiger charge is 2.40. The summed E-state index contributed by atoms with van der Waals surface area (Å²) < 4.78 is 24.9. The fraction of sp³-hybridized carbons (Fsp3) is 0.500. The van der Waals surface area contributed by atoms with Crippen molar-refractivity contribution in [3.8, 4) is 23.0 Å². The van der Waals surface area contributed by atoms with E-state index in [9.17, 15) is 9.50 Å². The molecule has 0 fully saturated rings. The molecule has 0 aliphatic heterocycles. The van der Waals surface area contributed by atoms with Gasteiger partial charge in [-0.2, -0.15) is 0 Å². The van der Waals surface area contributed by atoms with E-state index >= 15 is 0 Å². The van der Waals surface area contributed by atoms with Crippen molar-refractivity contribution < 1.29 is 19.0 Å². The molecule has 2 rings (SSSR count). The van der Waals surface area contributed by atoms with Gasteiger partial charge in [0.15, 0.2) is 16.3 Å². The number of phenols is 1. The highest BCUT2D eigenvalue weighted by atomic mass is 28.2. The van der Waals surface area contributed by atoms with Gasteiger partial charge in [0.2, 0.25) is 0 Å². The number of ether oxygens (including phenoxy) is 2. The smallest absolute Gasteiger partial charge is 0.188 e. The van der Waals surface area contributed by atoms with E-state index in [0.29, 0.717) is 43.8 Å². The number of hydrogen-bond donors (Lipinski definition) is 1. The predicted molar refractivity (Wildman–Crippen MR) is 118 cm³/mol. The van der Waals surface area contributed by atoms with Crippen LogP contribution in [0.1, 0.15) is 47.1 Å². The first-order chi connectivity index (χ1) is 13.6. The van der Waals surface area contributed by atoms with Crippen LogP contribution >= 0.6 is 0 Å². The Hall–Kier alpha value is -2.03. The lowest BCUT2D eigenvalue weighted by atomic mass is 9.76. The standard InChI is InChI=1S/C24H31FO3Si/c1-15(2)24(16(3)4,17(5)6)29-11-10-20-21(25)9-8-18-12-19(28-14-27-7)13-22(26)23(18)20/h8-9,12-13,15-17,26H,14H2,1-7H3. The Bertz CT molecular complexity index is 888. The van der Waals surface area contributed by atoms with Crippen LogP contribution in [0.4, 0.5) is 4.39 Å². The van der Waals surface area contributed by atoms with Crippen LogP contribution in [-0.2, 0) is 4.74 Å². The molecule has 0 bridgehead atoms. The molecule has 0 spiro atoms. The van der Waals surface area contributed by atoms with Crippen molar-refractivity contribution in [1.82, 2.24) is 0 Å². The molecule has 1 N–H and O–H groups in total. The van der Waals surface area contributed by atoms with Crippen LogP contribution in [-0.4, -0.2) is 28.5 Å². The van der Waals surface area contributed by atoms with Crippen molar-refractivity contribution in [2.75, 3.05) is 13.9 Å². The van der Waals surface area contributed by atoms with E-state index in [-0.39, 0.29) is 23.1 Å².